The molecule has 1 N–H and O–H groups in total. The van der Waals surface area contributed by atoms with Gasteiger partial charge in [-0.25, -0.2) is 9.18 Å². The Bertz CT molecular complexity index is 648. The predicted octanol–water partition coefficient (Wildman–Crippen LogP) is 2.97. The molecule has 20 heavy (non-hydrogen) atoms. The third-order valence-corrected chi connectivity index (χ3v) is 3.12. The van der Waals surface area contributed by atoms with Gasteiger partial charge in [-0.05, 0) is 30.9 Å². The number of hydrogen-bond acceptors (Lipinski definition) is 4. The van der Waals surface area contributed by atoms with Gasteiger partial charge in [0, 0.05) is 11.6 Å². The normalized spacial score (nSPS) is 14.2. The first-order valence-electron chi connectivity index (χ1n) is 6.27. The molecule has 0 spiro atoms. The monoisotopic (exact) mass is 277 g/mol. The minimum Gasteiger partial charge on any atom is -0.490 e. The Morgan fingerprint density at radius 1 is 1.50 bits per heavy atom. The molecule has 1 heterocycles. The van der Waals surface area contributed by atoms with Crippen molar-refractivity contribution in [3.63, 3.8) is 0 Å². The summed E-state index contributed by atoms with van der Waals surface area (Å²) in [7, 11) is 0. The topological polar surface area (TPSA) is 72.6 Å². The van der Waals surface area contributed by atoms with Gasteiger partial charge in [-0.2, -0.15) is 0 Å². The summed E-state index contributed by atoms with van der Waals surface area (Å²) >= 11 is 0. The average molecular weight is 277 g/mol. The lowest BCUT2D eigenvalue weighted by Gasteiger charge is -2.10. The fraction of sp³-hybridized carbons (Fsp3) is 0.286. The molecule has 0 unspecified atom stereocenters. The number of para-hydroxylation sites is 1. The van der Waals surface area contributed by atoms with Gasteiger partial charge in [0.1, 0.15) is 5.69 Å². The van der Waals surface area contributed by atoms with Gasteiger partial charge in [-0.1, -0.05) is 11.2 Å². The smallest absolute Gasteiger partial charge is 0.374 e. The first-order valence-corrected chi connectivity index (χ1v) is 6.27. The molecule has 0 bridgehead atoms. The maximum atomic E-state index is 13.9. The number of halogens is 1. The number of carbonyl (C=O) groups is 1. The van der Waals surface area contributed by atoms with Crippen molar-refractivity contribution >= 4 is 5.97 Å². The lowest BCUT2D eigenvalue weighted by atomic mass is 10.1. The van der Waals surface area contributed by atoms with E-state index in [2.05, 4.69) is 9.68 Å². The molecule has 1 fully saturated rings. The maximum Gasteiger partial charge on any atom is 0.374 e. The minimum absolute atomic E-state index is 0.0876. The summed E-state index contributed by atoms with van der Waals surface area (Å²) in [5.41, 5.74) is 0.634. The second-order valence-corrected chi connectivity index (χ2v) is 4.75. The van der Waals surface area contributed by atoms with Crippen LogP contribution in [0.4, 0.5) is 4.39 Å². The van der Waals surface area contributed by atoms with Crippen LogP contribution in [-0.4, -0.2) is 22.8 Å². The maximum absolute atomic E-state index is 13.9. The van der Waals surface area contributed by atoms with E-state index in [9.17, 15) is 9.18 Å². The zero-order chi connectivity index (χ0) is 14.1. The van der Waals surface area contributed by atoms with Crippen LogP contribution in [0.2, 0.25) is 0 Å². The van der Waals surface area contributed by atoms with Crippen molar-refractivity contribution in [2.24, 2.45) is 5.92 Å². The highest BCUT2D eigenvalue weighted by molar-refractivity contribution is 5.86. The van der Waals surface area contributed by atoms with Crippen molar-refractivity contribution in [3.05, 3.63) is 35.8 Å². The van der Waals surface area contributed by atoms with Gasteiger partial charge in [-0.3, -0.25) is 0 Å². The van der Waals surface area contributed by atoms with E-state index in [1.165, 1.54) is 18.2 Å². The van der Waals surface area contributed by atoms with Crippen LogP contribution in [0.5, 0.6) is 5.75 Å². The standard InChI is InChI=1S/C14H12FNO4/c15-10-3-1-2-9(13(10)19-7-8-4-5-8)11-6-12(14(17)18)20-16-11/h1-3,6,8H,4-5,7H2,(H,17,18). The molecule has 6 heteroatoms. The molecule has 0 atom stereocenters. The number of benzene rings is 1. The van der Waals surface area contributed by atoms with Gasteiger partial charge in [0.25, 0.3) is 0 Å². The van der Waals surface area contributed by atoms with Crippen LogP contribution in [0.3, 0.4) is 0 Å². The van der Waals surface area contributed by atoms with E-state index in [4.69, 9.17) is 9.84 Å². The molecule has 2 aromatic rings. The average Bonchev–Trinajstić information content (AvgIpc) is 3.11. The molecule has 3 rings (SSSR count). The molecule has 1 aromatic carbocycles. The Kier molecular flexibility index (Phi) is 3.14. The zero-order valence-electron chi connectivity index (χ0n) is 10.5. The molecule has 104 valence electrons. The van der Waals surface area contributed by atoms with E-state index < -0.39 is 11.8 Å². The zero-order valence-corrected chi connectivity index (χ0v) is 10.5. The summed E-state index contributed by atoms with van der Waals surface area (Å²) in [5, 5.41) is 12.5. The SMILES string of the molecule is O=C(O)c1cc(-c2cccc(F)c2OCC2CC2)no1. The van der Waals surface area contributed by atoms with E-state index in [0.29, 0.717) is 18.1 Å². The van der Waals surface area contributed by atoms with Crippen LogP contribution < -0.4 is 4.74 Å². The van der Waals surface area contributed by atoms with Crippen molar-refractivity contribution in [2.75, 3.05) is 6.61 Å². The van der Waals surface area contributed by atoms with Crippen LogP contribution in [0, 0.1) is 11.7 Å². The van der Waals surface area contributed by atoms with Crippen molar-refractivity contribution in [3.8, 4) is 17.0 Å². The highest BCUT2D eigenvalue weighted by atomic mass is 19.1. The summed E-state index contributed by atoms with van der Waals surface area (Å²) in [4.78, 5) is 10.8. The van der Waals surface area contributed by atoms with Gasteiger partial charge >= 0.3 is 5.97 Å². The summed E-state index contributed by atoms with van der Waals surface area (Å²) in [6.07, 6.45) is 2.19. The molecule has 0 saturated heterocycles. The lowest BCUT2D eigenvalue weighted by Crippen LogP contribution is -2.02. The molecule has 0 amide bonds. The van der Waals surface area contributed by atoms with Crippen molar-refractivity contribution in [1.82, 2.24) is 5.16 Å². The van der Waals surface area contributed by atoms with Crippen LogP contribution in [-0.2, 0) is 0 Å². The fourth-order valence-corrected chi connectivity index (χ4v) is 1.85. The van der Waals surface area contributed by atoms with Gasteiger partial charge in [-0.15, -0.1) is 0 Å². The molecular weight excluding hydrogens is 265 g/mol. The molecule has 1 aliphatic carbocycles. The van der Waals surface area contributed by atoms with Gasteiger partial charge < -0.3 is 14.4 Å². The van der Waals surface area contributed by atoms with E-state index in [-0.39, 0.29) is 17.2 Å². The number of aromatic carboxylic acids is 1. The summed E-state index contributed by atoms with van der Waals surface area (Å²) in [6, 6.07) is 5.68. The van der Waals surface area contributed by atoms with Gasteiger partial charge in [0.2, 0.25) is 5.76 Å². The molecule has 0 radical (unpaired) electrons. The largest absolute Gasteiger partial charge is 0.490 e. The number of aromatic nitrogens is 1. The molecule has 0 aliphatic heterocycles. The summed E-state index contributed by atoms with van der Waals surface area (Å²) < 4.78 is 24.1. The summed E-state index contributed by atoms with van der Waals surface area (Å²) in [6.45, 7) is 0.456. The summed E-state index contributed by atoms with van der Waals surface area (Å²) in [5.74, 6) is -1.44. The van der Waals surface area contributed by atoms with Crippen molar-refractivity contribution in [2.45, 2.75) is 12.8 Å². The van der Waals surface area contributed by atoms with Gasteiger partial charge in [0.15, 0.2) is 11.6 Å². The Morgan fingerprint density at radius 2 is 2.30 bits per heavy atom. The van der Waals surface area contributed by atoms with Crippen LogP contribution in [0.1, 0.15) is 23.4 Å². The van der Waals surface area contributed by atoms with Crippen LogP contribution >= 0.6 is 0 Å². The van der Waals surface area contributed by atoms with Crippen LogP contribution in [0.15, 0.2) is 28.8 Å². The Hall–Kier alpha value is -2.37. The number of nitrogens with zero attached hydrogens (tertiary/aromatic N) is 1. The van der Waals surface area contributed by atoms with E-state index in [1.807, 2.05) is 0 Å². The first-order chi connectivity index (χ1) is 9.65. The minimum atomic E-state index is -1.22. The fourth-order valence-electron chi connectivity index (χ4n) is 1.85. The molecular formula is C14H12FNO4. The third-order valence-electron chi connectivity index (χ3n) is 3.12. The number of carboxylic acid groups (broad SMARTS) is 1. The number of rotatable bonds is 5. The predicted molar refractivity (Wildman–Crippen MR) is 67.1 cm³/mol. The Labute approximate surface area is 114 Å². The third kappa shape index (κ3) is 2.49. The Morgan fingerprint density at radius 3 is 2.95 bits per heavy atom. The number of hydrogen-bond donors (Lipinski definition) is 1. The van der Waals surface area contributed by atoms with E-state index in [0.717, 1.165) is 12.8 Å². The van der Waals surface area contributed by atoms with E-state index >= 15 is 0 Å². The van der Waals surface area contributed by atoms with Crippen molar-refractivity contribution in [1.29, 1.82) is 0 Å². The highest BCUT2D eigenvalue weighted by Crippen LogP contribution is 2.35. The lowest BCUT2D eigenvalue weighted by molar-refractivity contribution is 0.0652. The number of carboxylic acids is 1. The molecule has 1 aliphatic rings. The molecule has 1 aromatic heterocycles. The van der Waals surface area contributed by atoms with Gasteiger partial charge in [0.05, 0.1) is 6.61 Å². The Balaban J connectivity index is 1.93. The molecule has 5 nitrogen and oxygen atoms in total. The van der Waals surface area contributed by atoms with Crippen molar-refractivity contribution < 1.29 is 23.6 Å². The first kappa shape index (κ1) is 12.7. The van der Waals surface area contributed by atoms with Crippen LogP contribution in [0.25, 0.3) is 11.3 Å². The second-order valence-electron chi connectivity index (χ2n) is 4.75. The van der Waals surface area contributed by atoms with E-state index in [1.54, 1.807) is 6.07 Å². The quantitative estimate of drug-likeness (QED) is 0.909. The number of ether oxygens (including phenoxy) is 1. The second kappa shape index (κ2) is 4.96. The molecule has 1 saturated carbocycles. The highest BCUT2D eigenvalue weighted by Gasteiger charge is 2.24.